The first-order chi connectivity index (χ1) is 15.5. The van der Waals surface area contributed by atoms with Crippen LogP contribution in [-0.4, -0.2) is 45.3 Å². The van der Waals surface area contributed by atoms with Crippen molar-refractivity contribution in [3.63, 3.8) is 0 Å². The molecule has 4 heteroatoms. The highest BCUT2D eigenvalue weighted by atomic mass is 16.3. The second-order valence-electron chi connectivity index (χ2n) is 12.8. The highest BCUT2D eigenvalue weighted by molar-refractivity contribution is 5.27. The van der Waals surface area contributed by atoms with Gasteiger partial charge in [0.15, 0.2) is 0 Å². The summed E-state index contributed by atoms with van der Waals surface area (Å²) in [6.45, 7) is 11.5. The molecule has 3 saturated carbocycles. The Balaban J connectivity index is 1.57. The number of aliphatic hydroxyl groups excluding tert-OH is 4. The molecule has 188 valence electrons. The predicted molar refractivity (Wildman–Crippen MR) is 132 cm³/mol. The summed E-state index contributed by atoms with van der Waals surface area (Å²) in [5.74, 6) is 2.05. The molecule has 0 unspecified atom stereocenters. The molecule has 0 aliphatic heterocycles. The highest BCUT2D eigenvalue weighted by Crippen LogP contribution is 2.67. The highest BCUT2D eigenvalue weighted by Gasteiger charge is 2.64. The Labute approximate surface area is 201 Å². The van der Waals surface area contributed by atoms with Crippen LogP contribution >= 0.6 is 0 Å². The van der Waals surface area contributed by atoms with Crippen LogP contribution in [0, 0.1) is 46.3 Å². The normalized spacial score (nSPS) is 46.4. The zero-order valence-electron chi connectivity index (χ0n) is 21.5. The standard InChI is InChI=1S/C29H48O4/c1-17(2)19(11-13-30)7-6-18(3)23-15-24(32)26-22-9-8-20-14-21(31)10-12-28(20,4)27(22)25(33)16-29(23,26)5/h8,11,17-18,21-27,30-33H,6-7,9-10,12-16H2,1-5H3/b19-11+/t18-,21+,22+,23-,24-,25-,26-,27-,28+,29-/m1/s1. The van der Waals surface area contributed by atoms with E-state index in [1.54, 1.807) is 0 Å². The SMILES string of the molecule is CC(C)/C(=C/CO)CC[C@@H](C)[C@H]1C[C@@H](O)[C@H]2[C@@H]3CC=C4C[C@@H](O)CC[C@]4(C)[C@H]3[C@H](O)C[C@@]21C. The first-order valence-electron chi connectivity index (χ1n) is 13.6. The molecule has 4 nitrogen and oxygen atoms in total. The second kappa shape index (κ2) is 9.41. The Kier molecular flexibility index (Phi) is 7.25. The summed E-state index contributed by atoms with van der Waals surface area (Å²) in [6.07, 6.45) is 10.5. The van der Waals surface area contributed by atoms with Crippen LogP contribution in [0.4, 0.5) is 0 Å². The van der Waals surface area contributed by atoms with Crippen LogP contribution in [0.1, 0.15) is 86.0 Å². The van der Waals surface area contributed by atoms with Gasteiger partial charge in [-0.1, -0.05) is 57.9 Å². The van der Waals surface area contributed by atoms with Gasteiger partial charge in [0.2, 0.25) is 0 Å². The number of hydrogen-bond donors (Lipinski definition) is 4. The van der Waals surface area contributed by atoms with Crippen molar-refractivity contribution in [3.05, 3.63) is 23.3 Å². The van der Waals surface area contributed by atoms with E-state index in [1.165, 1.54) is 11.1 Å². The molecule has 33 heavy (non-hydrogen) atoms. The Morgan fingerprint density at radius 1 is 1.12 bits per heavy atom. The van der Waals surface area contributed by atoms with E-state index in [0.717, 1.165) is 51.4 Å². The van der Waals surface area contributed by atoms with E-state index < -0.39 is 0 Å². The molecule has 4 N–H and O–H groups in total. The number of allylic oxidation sites excluding steroid dienone is 2. The second-order valence-corrected chi connectivity index (χ2v) is 12.8. The summed E-state index contributed by atoms with van der Waals surface area (Å²) in [5.41, 5.74) is 2.58. The smallest absolute Gasteiger partial charge is 0.0615 e. The lowest BCUT2D eigenvalue weighted by molar-refractivity contribution is -0.143. The zero-order chi connectivity index (χ0) is 24.1. The van der Waals surface area contributed by atoms with Gasteiger partial charge >= 0.3 is 0 Å². The fourth-order valence-electron chi connectivity index (χ4n) is 9.11. The van der Waals surface area contributed by atoms with Gasteiger partial charge in [0, 0.05) is 0 Å². The molecule has 0 bridgehead atoms. The van der Waals surface area contributed by atoms with Gasteiger partial charge in [0.05, 0.1) is 24.9 Å². The molecule has 3 fully saturated rings. The van der Waals surface area contributed by atoms with Crippen LogP contribution in [0.25, 0.3) is 0 Å². The molecular weight excluding hydrogens is 412 g/mol. The average Bonchev–Trinajstić information content (AvgIpc) is 3.01. The van der Waals surface area contributed by atoms with Crippen molar-refractivity contribution in [2.24, 2.45) is 46.3 Å². The Morgan fingerprint density at radius 3 is 2.52 bits per heavy atom. The monoisotopic (exact) mass is 460 g/mol. The van der Waals surface area contributed by atoms with Crippen LogP contribution < -0.4 is 0 Å². The summed E-state index contributed by atoms with van der Waals surface area (Å²) < 4.78 is 0. The fourth-order valence-corrected chi connectivity index (χ4v) is 9.11. The lowest BCUT2D eigenvalue weighted by atomic mass is 9.46. The maximum Gasteiger partial charge on any atom is 0.0615 e. The summed E-state index contributed by atoms with van der Waals surface area (Å²) in [7, 11) is 0. The quantitative estimate of drug-likeness (QED) is 0.427. The minimum Gasteiger partial charge on any atom is -0.393 e. The molecule has 0 heterocycles. The van der Waals surface area contributed by atoms with E-state index in [9.17, 15) is 20.4 Å². The predicted octanol–water partition coefficient (Wildman–Crippen LogP) is 4.86. The third kappa shape index (κ3) is 4.28. The molecule has 10 atom stereocenters. The van der Waals surface area contributed by atoms with Gasteiger partial charge in [0.25, 0.3) is 0 Å². The third-order valence-electron chi connectivity index (χ3n) is 10.7. The molecular formula is C29H48O4. The molecule has 0 spiro atoms. The van der Waals surface area contributed by atoms with E-state index in [4.69, 9.17) is 0 Å². The van der Waals surface area contributed by atoms with E-state index in [-0.39, 0.29) is 47.6 Å². The summed E-state index contributed by atoms with van der Waals surface area (Å²) in [6, 6.07) is 0. The zero-order valence-corrected chi connectivity index (χ0v) is 21.5. The van der Waals surface area contributed by atoms with Crippen molar-refractivity contribution in [1.29, 1.82) is 0 Å². The van der Waals surface area contributed by atoms with E-state index in [2.05, 4.69) is 40.7 Å². The minimum absolute atomic E-state index is 0.0476. The molecule has 0 aromatic carbocycles. The number of rotatable bonds is 6. The van der Waals surface area contributed by atoms with Crippen LogP contribution in [-0.2, 0) is 0 Å². The molecule has 0 amide bonds. The molecule has 0 aromatic rings. The van der Waals surface area contributed by atoms with E-state index in [1.807, 2.05) is 6.08 Å². The fraction of sp³-hybridized carbons (Fsp3) is 0.862. The molecule has 0 aromatic heterocycles. The van der Waals surface area contributed by atoms with Crippen LogP contribution in [0.3, 0.4) is 0 Å². The van der Waals surface area contributed by atoms with Crippen LogP contribution in [0.2, 0.25) is 0 Å². The molecule has 4 aliphatic rings. The van der Waals surface area contributed by atoms with Gasteiger partial charge in [-0.25, -0.2) is 0 Å². The Bertz CT molecular complexity index is 772. The topological polar surface area (TPSA) is 80.9 Å². The Hall–Kier alpha value is -0.680. The van der Waals surface area contributed by atoms with Crippen molar-refractivity contribution in [2.75, 3.05) is 6.61 Å². The van der Waals surface area contributed by atoms with Crippen LogP contribution in [0.5, 0.6) is 0 Å². The number of hydrogen-bond acceptors (Lipinski definition) is 4. The third-order valence-corrected chi connectivity index (χ3v) is 10.7. The number of fused-ring (bicyclic) bond motifs is 5. The first-order valence-corrected chi connectivity index (χ1v) is 13.6. The van der Waals surface area contributed by atoms with Gasteiger partial charge < -0.3 is 20.4 Å². The van der Waals surface area contributed by atoms with Crippen LogP contribution in [0.15, 0.2) is 23.3 Å². The van der Waals surface area contributed by atoms with Gasteiger partial charge in [0.1, 0.15) is 0 Å². The molecule has 4 rings (SSSR count). The maximum atomic E-state index is 11.6. The Morgan fingerprint density at radius 2 is 1.85 bits per heavy atom. The summed E-state index contributed by atoms with van der Waals surface area (Å²) >= 11 is 0. The summed E-state index contributed by atoms with van der Waals surface area (Å²) in [4.78, 5) is 0. The molecule has 4 aliphatic carbocycles. The van der Waals surface area contributed by atoms with Gasteiger partial charge in [-0.3, -0.25) is 0 Å². The molecule has 0 saturated heterocycles. The first kappa shape index (κ1) is 25.4. The van der Waals surface area contributed by atoms with Crippen molar-refractivity contribution in [1.82, 2.24) is 0 Å². The van der Waals surface area contributed by atoms with Gasteiger partial charge in [-0.15, -0.1) is 0 Å². The van der Waals surface area contributed by atoms with Gasteiger partial charge in [-0.05, 0) is 97.7 Å². The maximum absolute atomic E-state index is 11.6. The van der Waals surface area contributed by atoms with Crippen molar-refractivity contribution < 1.29 is 20.4 Å². The van der Waals surface area contributed by atoms with Crippen molar-refractivity contribution in [3.8, 4) is 0 Å². The minimum atomic E-state index is -0.347. The largest absolute Gasteiger partial charge is 0.393 e. The van der Waals surface area contributed by atoms with E-state index >= 15 is 0 Å². The summed E-state index contributed by atoms with van der Waals surface area (Å²) in [5, 5.41) is 42.7. The van der Waals surface area contributed by atoms with Crippen molar-refractivity contribution in [2.45, 2.75) is 104 Å². The average molecular weight is 461 g/mol. The molecule has 0 radical (unpaired) electrons. The van der Waals surface area contributed by atoms with Crippen molar-refractivity contribution >= 4 is 0 Å². The van der Waals surface area contributed by atoms with Gasteiger partial charge in [-0.2, -0.15) is 0 Å². The van der Waals surface area contributed by atoms with E-state index in [0.29, 0.717) is 23.7 Å². The lowest BCUT2D eigenvalue weighted by Crippen LogP contribution is -2.58. The number of aliphatic hydroxyl groups is 4. The lowest BCUT2D eigenvalue weighted by Gasteiger charge is -2.60.